The molecular formula is C22H23ClN2O3. The Kier molecular flexibility index (Phi) is 5.55. The first kappa shape index (κ1) is 18.8. The van der Waals surface area contributed by atoms with E-state index in [1.54, 1.807) is 11.0 Å². The molecule has 0 N–H and O–H groups in total. The van der Waals surface area contributed by atoms with Gasteiger partial charge in [-0.2, -0.15) is 0 Å². The number of carbonyl (C=O) groups is 1. The van der Waals surface area contributed by atoms with Gasteiger partial charge >= 0.3 is 0 Å². The minimum absolute atomic E-state index is 0.0394. The number of benzene rings is 2. The minimum Gasteiger partial charge on any atom is -0.488 e. The van der Waals surface area contributed by atoms with Gasteiger partial charge < -0.3 is 19.3 Å². The van der Waals surface area contributed by atoms with E-state index in [-0.39, 0.29) is 12.5 Å². The molecule has 146 valence electrons. The summed E-state index contributed by atoms with van der Waals surface area (Å²) in [6.07, 6.45) is 1.87. The van der Waals surface area contributed by atoms with E-state index in [0.717, 1.165) is 48.9 Å². The van der Waals surface area contributed by atoms with Crippen molar-refractivity contribution in [3.8, 4) is 5.75 Å². The van der Waals surface area contributed by atoms with Gasteiger partial charge in [0.1, 0.15) is 12.4 Å². The molecule has 2 heterocycles. The summed E-state index contributed by atoms with van der Waals surface area (Å²) in [6, 6.07) is 13.7. The Morgan fingerprint density at radius 1 is 1.18 bits per heavy atom. The molecule has 5 nitrogen and oxygen atoms in total. The zero-order valence-electron chi connectivity index (χ0n) is 15.9. The maximum atomic E-state index is 13.0. The number of halogens is 1. The van der Waals surface area contributed by atoms with Crippen molar-refractivity contribution in [3.05, 3.63) is 64.2 Å². The molecule has 0 saturated carbocycles. The van der Waals surface area contributed by atoms with E-state index in [1.165, 1.54) is 0 Å². The van der Waals surface area contributed by atoms with Crippen LogP contribution >= 0.6 is 11.6 Å². The van der Waals surface area contributed by atoms with E-state index >= 15 is 0 Å². The zero-order chi connectivity index (χ0) is 19.5. The lowest BCUT2D eigenvalue weighted by Gasteiger charge is -2.31. The molecule has 1 fully saturated rings. The Bertz CT molecular complexity index is 906. The topological polar surface area (TPSA) is 42.0 Å². The molecule has 0 aliphatic carbocycles. The molecule has 6 heteroatoms. The number of ether oxygens (including phenoxy) is 2. The quantitative estimate of drug-likeness (QED) is 0.789. The lowest BCUT2D eigenvalue weighted by molar-refractivity contribution is -0.126. The minimum atomic E-state index is -0.0394. The molecule has 1 saturated heterocycles. The lowest BCUT2D eigenvalue weighted by atomic mass is 10.1. The van der Waals surface area contributed by atoms with Crippen molar-refractivity contribution >= 4 is 29.3 Å². The summed E-state index contributed by atoms with van der Waals surface area (Å²) < 4.78 is 11.2. The molecule has 0 spiro atoms. The highest BCUT2D eigenvalue weighted by molar-refractivity contribution is 6.30. The number of anilines is 1. The molecule has 2 aromatic carbocycles. The first-order valence-corrected chi connectivity index (χ1v) is 9.78. The molecule has 1 amide bonds. The molecule has 0 aromatic heterocycles. The van der Waals surface area contributed by atoms with Crippen molar-refractivity contribution in [1.29, 1.82) is 0 Å². The van der Waals surface area contributed by atoms with E-state index in [9.17, 15) is 4.79 Å². The third-order valence-electron chi connectivity index (χ3n) is 5.06. The van der Waals surface area contributed by atoms with Gasteiger partial charge in [0, 0.05) is 43.0 Å². The van der Waals surface area contributed by atoms with Crippen LogP contribution < -0.4 is 9.64 Å². The number of amides is 1. The van der Waals surface area contributed by atoms with Crippen molar-refractivity contribution < 1.29 is 14.3 Å². The normalized spacial score (nSPS) is 16.1. The number of hydrogen-bond acceptors (Lipinski definition) is 4. The van der Waals surface area contributed by atoms with Crippen molar-refractivity contribution in [2.45, 2.75) is 6.54 Å². The molecule has 4 rings (SSSR count). The average molecular weight is 399 g/mol. The van der Waals surface area contributed by atoms with Crippen molar-refractivity contribution in [1.82, 2.24) is 4.90 Å². The van der Waals surface area contributed by atoms with Gasteiger partial charge in [-0.3, -0.25) is 4.79 Å². The van der Waals surface area contributed by atoms with Crippen LogP contribution in [0.15, 0.2) is 48.0 Å². The molecule has 28 heavy (non-hydrogen) atoms. The summed E-state index contributed by atoms with van der Waals surface area (Å²) in [5.74, 6) is 0.712. The predicted octanol–water partition coefficient (Wildman–Crippen LogP) is 3.61. The summed E-state index contributed by atoms with van der Waals surface area (Å²) in [6.45, 7) is 4.00. The largest absolute Gasteiger partial charge is 0.488 e. The summed E-state index contributed by atoms with van der Waals surface area (Å²) in [5, 5.41) is 0.625. The van der Waals surface area contributed by atoms with Gasteiger partial charge in [-0.25, -0.2) is 0 Å². The second-order valence-corrected chi connectivity index (χ2v) is 7.47. The van der Waals surface area contributed by atoms with Crippen molar-refractivity contribution in [2.24, 2.45) is 0 Å². The molecular weight excluding hydrogens is 376 g/mol. The Morgan fingerprint density at radius 2 is 1.96 bits per heavy atom. The number of carbonyl (C=O) groups excluding carboxylic acids is 1. The number of hydrogen-bond donors (Lipinski definition) is 0. The molecule has 2 aliphatic heterocycles. The Labute approximate surface area is 170 Å². The highest BCUT2D eigenvalue weighted by atomic mass is 35.5. The number of morpholine rings is 1. The van der Waals surface area contributed by atoms with Gasteiger partial charge in [0.2, 0.25) is 0 Å². The van der Waals surface area contributed by atoms with E-state index < -0.39 is 0 Å². The second kappa shape index (κ2) is 8.25. The van der Waals surface area contributed by atoms with Gasteiger partial charge in [-0.05, 0) is 35.9 Å². The SMILES string of the molecule is CN(Cc1ccccc1N1CCOCC1)C(=O)C1=Cc2cc(Cl)ccc2OC1. The van der Waals surface area contributed by atoms with E-state index in [0.29, 0.717) is 17.1 Å². The highest BCUT2D eigenvalue weighted by Gasteiger charge is 2.22. The van der Waals surface area contributed by atoms with Crippen LogP contribution in [0.1, 0.15) is 11.1 Å². The van der Waals surface area contributed by atoms with Crippen LogP contribution in [0.4, 0.5) is 5.69 Å². The maximum absolute atomic E-state index is 13.0. The Morgan fingerprint density at radius 3 is 2.79 bits per heavy atom. The van der Waals surface area contributed by atoms with Crippen LogP contribution in [0.5, 0.6) is 5.75 Å². The number of para-hydroxylation sites is 1. The fourth-order valence-corrected chi connectivity index (χ4v) is 3.78. The number of rotatable bonds is 4. The first-order valence-electron chi connectivity index (χ1n) is 9.41. The Balaban J connectivity index is 1.51. The highest BCUT2D eigenvalue weighted by Crippen LogP contribution is 2.30. The standard InChI is InChI=1S/C22H23ClN2O3/c1-24(14-16-4-2-3-5-20(16)25-8-10-27-11-9-25)22(26)18-12-17-13-19(23)6-7-21(17)28-15-18/h2-7,12-13H,8-11,14-15H2,1H3. The van der Waals surface area contributed by atoms with E-state index in [1.807, 2.05) is 37.4 Å². The molecule has 2 aromatic rings. The van der Waals surface area contributed by atoms with Gasteiger partial charge in [-0.15, -0.1) is 0 Å². The van der Waals surface area contributed by atoms with Crippen LogP contribution in [0.25, 0.3) is 6.08 Å². The monoisotopic (exact) mass is 398 g/mol. The lowest BCUT2D eigenvalue weighted by Crippen LogP contribution is -2.37. The summed E-state index contributed by atoms with van der Waals surface area (Å²) in [4.78, 5) is 17.1. The predicted molar refractivity (Wildman–Crippen MR) is 111 cm³/mol. The number of nitrogens with zero attached hydrogens (tertiary/aromatic N) is 2. The van der Waals surface area contributed by atoms with Crippen LogP contribution in [0.3, 0.4) is 0 Å². The Hall–Kier alpha value is -2.50. The summed E-state index contributed by atoms with van der Waals surface area (Å²) >= 11 is 6.07. The molecule has 0 bridgehead atoms. The third kappa shape index (κ3) is 4.01. The second-order valence-electron chi connectivity index (χ2n) is 7.03. The van der Waals surface area contributed by atoms with E-state index in [2.05, 4.69) is 17.0 Å². The smallest absolute Gasteiger partial charge is 0.253 e. The molecule has 0 radical (unpaired) electrons. The van der Waals surface area contributed by atoms with Crippen molar-refractivity contribution in [3.63, 3.8) is 0 Å². The fourth-order valence-electron chi connectivity index (χ4n) is 3.60. The maximum Gasteiger partial charge on any atom is 0.253 e. The number of fused-ring (bicyclic) bond motifs is 1. The van der Waals surface area contributed by atoms with Gasteiger partial charge in [-0.1, -0.05) is 29.8 Å². The summed E-state index contributed by atoms with van der Waals surface area (Å²) in [7, 11) is 1.83. The van der Waals surface area contributed by atoms with Gasteiger partial charge in [0.05, 0.1) is 18.8 Å². The van der Waals surface area contributed by atoms with E-state index in [4.69, 9.17) is 21.1 Å². The number of likely N-dealkylation sites (N-methyl/N-ethyl adjacent to an activating group) is 1. The van der Waals surface area contributed by atoms with Crippen molar-refractivity contribution in [2.75, 3.05) is 44.9 Å². The zero-order valence-corrected chi connectivity index (χ0v) is 16.6. The van der Waals surface area contributed by atoms with Gasteiger partial charge in [0.25, 0.3) is 5.91 Å². The van der Waals surface area contributed by atoms with Gasteiger partial charge in [0.15, 0.2) is 0 Å². The first-order chi connectivity index (χ1) is 13.6. The molecule has 0 atom stereocenters. The van der Waals surface area contributed by atoms with Crippen LogP contribution in [-0.4, -0.2) is 50.8 Å². The molecule has 2 aliphatic rings. The third-order valence-corrected chi connectivity index (χ3v) is 5.29. The summed E-state index contributed by atoms with van der Waals surface area (Å²) in [5.41, 5.74) is 3.75. The van der Waals surface area contributed by atoms with Crippen LogP contribution in [0.2, 0.25) is 5.02 Å². The van der Waals surface area contributed by atoms with Crippen LogP contribution in [-0.2, 0) is 16.1 Å². The molecule has 0 unspecified atom stereocenters. The van der Waals surface area contributed by atoms with Crippen LogP contribution in [0, 0.1) is 0 Å². The fraction of sp³-hybridized carbons (Fsp3) is 0.318. The average Bonchev–Trinajstić information content (AvgIpc) is 2.73.